The van der Waals surface area contributed by atoms with Crippen LogP contribution in [0.5, 0.6) is 11.5 Å². The summed E-state index contributed by atoms with van der Waals surface area (Å²) in [5.41, 5.74) is 0.299. The van der Waals surface area contributed by atoms with Crippen LogP contribution in [-0.2, 0) is 6.61 Å². The summed E-state index contributed by atoms with van der Waals surface area (Å²) in [6, 6.07) is 14.6. The van der Waals surface area contributed by atoms with Gasteiger partial charge in [-0.2, -0.15) is 0 Å². The first-order valence-corrected chi connectivity index (χ1v) is 8.05. The molecule has 2 aromatic carbocycles. The SMILES string of the molecule is O=C(Nc1ccccc1O)c1ccc(COc2cccc(Cl)c2Cl)o1. The Balaban J connectivity index is 1.65. The summed E-state index contributed by atoms with van der Waals surface area (Å²) in [6.07, 6.45) is 0. The third-order valence-electron chi connectivity index (χ3n) is 3.32. The molecule has 0 bridgehead atoms. The summed E-state index contributed by atoms with van der Waals surface area (Å²) in [7, 11) is 0. The van der Waals surface area contributed by atoms with Crippen molar-refractivity contribution < 1.29 is 19.1 Å². The Bertz CT molecular complexity index is 908. The number of carbonyl (C=O) groups is 1. The lowest BCUT2D eigenvalue weighted by Crippen LogP contribution is -2.10. The molecule has 25 heavy (non-hydrogen) atoms. The van der Waals surface area contributed by atoms with Gasteiger partial charge in [0.05, 0.1) is 10.7 Å². The smallest absolute Gasteiger partial charge is 0.291 e. The van der Waals surface area contributed by atoms with Crippen LogP contribution >= 0.6 is 23.2 Å². The second-order valence-electron chi connectivity index (χ2n) is 5.08. The van der Waals surface area contributed by atoms with E-state index in [0.29, 0.717) is 27.2 Å². The number of hydrogen-bond donors (Lipinski definition) is 2. The molecule has 0 aliphatic rings. The first kappa shape index (κ1) is 17.2. The number of hydrogen-bond acceptors (Lipinski definition) is 4. The van der Waals surface area contributed by atoms with E-state index in [1.807, 2.05) is 0 Å². The van der Waals surface area contributed by atoms with E-state index in [1.54, 1.807) is 42.5 Å². The van der Waals surface area contributed by atoms with Crippen LogP contribution in [0.25, 0.3) is 0 Å². The number of amides is 1. The average Bonchev–Trinajstić information content (AvgIpc) is 3.07. The topological polar surface area (TPSA) is 71.7 Å². The highest BCUT2D eigenvalue weighted by Gasteiger charge is 2.14. The summed E-state index contributed by atoms with van der Waals surface area (Å²) < 4.78 is 11.0. The van der Waals surface area contributed by atoms with Gasteiger partial charge in [-0.05, 0) is 36.4 Å². The highest BCUT2D eigenvalue weighted by Crippen LogP contribution is 2.32. The number of para-hydroxylation sites is 2. The number of ether oxygens (including phenoxy) is 1. The number of nitrogens with one attached hydrogen (secondary N) is 1. The second-order valence-corrected chi connectivity index (χ2v) is 5.86. The molecule has 128 valence electrons. The Hall–Kier alpha value is -2.63. The van der Waals surface area contributed by atoms with Crippen LogP contribution in [0.4, 0.5) is 5.69 Å². The zero-order valence-electron chi connectivity index (χ0n) is 12.8. The lowest BCUT2D eigenvalue weighted by molar-refractivity contribution is 0.0992. The van der Waals surface area contributed by atoms with Gasteiger partial charge in [-0.1, -0.05) is 41.4 Å². The summed E-state index contributed by atoms with van der Waals surface area (Å²) >= 11 is 12.0. The van der Waals surface area contributed by atoms with E-state index in [4.69, 9.17) is 32.4 Å². The maximum Gasteiger partial charge on any atom is 0.291 e. The molecule has 0 saturated carbocycles. The third kappa shape index (κ3) is 4.07. The third-order valence-corrected chi connectivity index (χ3v) is 4.13. The van der Waals surface area contributed by atoms with Gasteiger partial charge in [0, 0.05) is 0 Å². The molecule has 7 heteroatoms. The molecule has 5 nitrogen and oxygen atoms in total. The molecule has 0 fully saturated rings. The van der Waals surface area contributed by atoms with Gasteiger partial charge in [0.25, 0.3) is 5.91 Å². The van der Waals surface area contributed by atoms with E-state index >= 15 is 0 Å². The molecule has 0 saturated heterocycles. The zero-order valence-corrected chi connectivity index (χ0v) is 14.3. The van der Waals surface area contributed by atoms with Crippen molar-refractivity contribution >= 4 is 34.8 Å². The average molecular weight is 378 g/mol. The van der Waals surface area contributed by atoms with E-state index in [-0.39, 0.29) is 18.1 Å². The number of phenolic OH excluding ortho intramolecular Hbond substituents is 1. The van der Waals surface area contributed by atoms with Crippen LogP contribution in [0, 0.1) is 0 Å². The maximum absolute atomic E-state index is 12.2. The molecule has 1 amide bonds. The van der Waals surface area contributed by atoms with Crippen LogP contribution in [0.3, 0.4) is 0 Å². The summed E-state index contributed by atoms with van der Waals surface area (Å²) in [6.45, 7) is 0.0872. The van der Waals surface area contributed by atoms with Crippen LogP contribution in [0.15, 0.2) is 59.0 Å². The van der Waals surface area contributed by atoms with Crippen molar-refractivity contribution in [2.75, 3.05) is 5.32 Å². The van der Waals surface area contributed by atoms with Crippen LogP contribution in [-0.4, -0.2) is 11.0 Å². The molecule has 3 rings (SSSR count). The number of halogens is 2. The van der Waals surface area contributed by atoms with Crippen molar-refractivity contribution in [3.05, 3.63) is 76.2 Å². The number of benzene rings is 2. The molecule has 0 spiro atoms. The monoisotopic (exact) mass is 377 g/mol. The van der Waals surface area contributed by atoms with E-state index in [2.05, 4.69) is 5.32 Å². The van der Waals surface area contributed by atoms with Gasteiger partial charge in [0.15, 0.2) is 5.76 Å². The molecule has 0 aliphatic heterocycles. The van der Waals surface area contributed by atoms with Crippen molar-refractivity contribution in [3.8, 4) is 11.5 Å². The number of anilines is 1. The molecular formula is C18H13Cl2NO4. The number of rotatable bonds is 5. The van der Waals surface area contributed by atoms with Gasteiger partial charge in [0.2, 0.25) is 0 Å². The minimum atomic E-state index is -0.478. The number of carbonyl (C=O) groups excluding carboxylic acids is 1. The van der Waals surface area contributed by atoms with Gasteiger partial charge in [-0.15, -0.1) is 0 Å². The zero-order chi connectivity index (χ0) is 17.8. The molecular weight excluding hydrogens is 365 g/mol. The number of furan rings is 1. The van der Waals surface area contributed by atoms with Gasteiger partial charge in [-0.25, -0.2) is 0 Å². The van der Waals surface area contributed by atoms with Crippen molar-refractivity contribution in [3.63, 3.8) is 0 Å². The van der Waals surface area contributed by atoms with E-state index in [9.17, 15) is 9.90 Å². The van der Waals surface area contributed by atoms with Gasteiger partial charge < -0.3 is 19.6 Å². The largest absolute Gasteiger partial charge is 0.506 e. The van der Waals surface area contributed by atoms with Crippen LogP contribution < -0.4 is 10.1 Å². The summed E-state index contributed by atoms with van der Waals surface area (Å²) in [4.78, 5) is 12.2. The number of aromatic hydroxyl groups is 1. The highest BCUT2D eigenvalue weighted by atomic mass is 35.5. The Morgan fingerprint density at radius 3 is 2.68 bits per heavy atom. The van der Waals surface area contributed by atoms with Crippen LogP contribution in [0.1, 0.15) is 16.3 Å². The summed E-state index contributed by atoms with van der Waals surface area (Å²) in [5, 5.41) is 13.0. The fourth-order valence-electron chi connectivity index (χ4n) is 2.09. The predicted octanol–water partition coefficient (Wildman–Crippen LogP) is 5.12. The van der Waals surface area contributed by atoms with E-state index < -0.39 is 5.91 Å². The molecule has 0 radical (unpaired) electrons. The molecule has 0 aliphatic carbocycles. The van der Waals surface area contributed by atoms with Crippen molar-refractivity contribution in [1.82, 2.24) is 0 Å². The maximum atomic E-state index is 12.2. The normalized spacial score (nSPS) is 10.5. The highest BCUT2D eigenvalue weighted by molar-refractivity contribution is 6.42. The standard InChI is InChI=1S/C18H13Cl2NO4/c19-12-4-3-7-15(17(12)20)24-10-11-8-9-16(25-11)18(23)21-13-5-1-2-6-14(13)22/h1-9,22H,10H2,(H,21,23). The Morgan fingerprint density at radius 1 is 1.08 bits per heavy atom. The predicted molar refractivity (Wildman–Crippen MR) is 95.6 cm³/mol. The van der Waals surface area contributed by atoms with Crippen LogP contribution in [0.2, 0.25) is 10.0 Å². The van der Waals surface area contributed by atoms with Crippen molar-refractivity contribution in [2.45, 2.75) is 6.61 Å². The van der Waals surface area contributed by atoms with Gasteiger partial charge in [-0.3, -0.25) is 4.79 Å². The lowest BCUT2D eigenvalue weighted by Gasteiger charge is -2.07. The second kappa shape index (κ2) is 7.51. The Labute approximate surface area is 153 Å². The van der Waals surface area contributed by atoms with Gasteiger partial charge >= 0.3 is 0 Å². The quantitative estimate of drug-likeness (QED) is 0.605. The Kier molecular flexibility index (Phi) is 5.16. The van der Waals surface area contributed by atoms with Crippen molar-refractivity contribution in [2.24, 2.45) is 0 Å². The molecule has 2 N–H and O–H groups in total. The molecule has 0 unspecified atom stereocenters. The molecule has 1 heterocycles. The Morgan fingerprint density at radius 2 is 1.88 bits per heavy atom. The fourth-order valence-corrected chi connectivity index (χ4v) is 2.43. The van der Waals surface area contributed by atoms with Gasteiger partial charge in [0.1, 0.15) is 28.9 Å². The van der Waals surface area contributed by atoms with Crippen molar-refractivity contribution in [1.29, 1.82) is 0 Å². The minimum Gasteiger partial charge on any atom is -0.506 e. The van der Waals surface area contributed by atoms with E-state index in [0.717, 1.165) is 0 Å². The molecule has 1 aromatic heterocycles. The minimum absolute atomic E-state index is 0.0263. The molecule has 0 atom stereocenters. The molecule has 3 aromatic rings. The lowest BCUT2D eigenvalue weighted by atomic mass is 10.3. The van der Waals surface area contributed by atoms with E-state index in [1.165, 1.54) is 12.1 Å². The first-order chi connectivity index (χ1) is 12.0. The number of phenols is 1. The first-order valence-electron chi connectivity index (χ1n) is 7.29. The fraction of sp³-hybridized carbons (Fsp3) is 0.0556. The summed E-state index contributed by atoms with van der Waals surface area (Å²) in [5.74, 6) is 0.457.